The van der Waals surface area contributed by atoms with E-state index in [9.17, 15) is 5.11 Å². The lowest BCUT2D eigenvalue weighted by Crippen LogP contribution is -1.98. The fourth-order valence-electron chi connectivity index (χ4n) is 1.18. The highest BCUT2D eigenvalue weighted by atomic mass is 16.5. The molecule has 2 heterocycles. The minimum atomic E-state index is -0.681. The molecule has 0 spiro atoms. The molecule has 0 saturated carbocycles. The van der Waals surface area contributed by atoms with Crippen molar-refractivity contribution < 1.29 is 9.63 Å². The van der Waals surface area contributed by atoms with Crippen LogP contribution in [0.25, 0.3) is 11.6 Å². The molecule has 0 aliphatic carbocycles. The lowest BCUT2D eigenvalue weighted by molar-refractivity contribution is 0.153. The number of aliphatic hydroxyl groups excluding tert-OH is 1. The van der Waals surface area contributed by atoms with Crippen LogP contribution in [0.15, 0.2) is 10.7 Å². The first kappa shape index (κ1) is 9.78. The summed E-state index contributed by atoms with van der Waals surface area (Å²) in [4.78, 5) is 4.02. The van der Waals surface area contributed by atoms with Gasteiger partial charge in [-0.2, -0.15) is 20.4 Å². The van der Waals surface area contributed by atoms with Crippen LogP contribution in [0.5, 0.6) is 0 Å². The van der Waals surface area contributed by atoms with Gasteiger partial charge in [-0.1, -0.05) is 18.5 Å². The van der Waals surface area contributed by atoms with E-state index in [-0.39, 0.29) is 11.7 Å². The Balaban J connectivity index is 2.17. The summed E-state index contributed by atoms with van der Waals surface area (Å²) in [5.74, 6) is 0.545. The number of aromatic amines is 1. The SMILES string of the molecule is CCCC(O)c1noc(-c2cn[nH]n2)n1. The molecule has 0 fully saturated rings. The fourth-order valence-corrected chi connectivity index (χ4v) is 1.18. The Kier molecular flexibility index (Phi) is 2.72. The Morgan fingerprint density at radius 1 is 1.60 bits per heavy atom. The molecular weight excluding hydrogens is 198 g/mol. The first-order valence-corrected chi connectivity index (χ1v) is 4.69. The van der Waals surface area contributed by atoms with Crippen molar-refractivity contribution in [3.63, 3.8) is 0 Å². The summed E-state index contributed by atoms with van der Waals surface area (Å²) in [6.45, 7) is 1.97. The lowest BCUT2D eigenvalue weighted by atomic mass is 10.2. The Morgan fingerprint density at radius 3 is 3.13 bits per heavy atom. The number of nitrogens with zero attached hydrogens (tertiary/aromatic N) is 4. The molecule has 0 bridgehead atoms. The fraction of sp³-hybridized carbons (Fsp3) is 0.500. The van der Waals surface area contributed by atoms with E-state index >= 15 is 0 Å². The van der Waals surface area contributed by atoms with Gasteiger partial charge < -0.3 is 9.63 Å². The van der Waals surface area contributed by atoms with E-state index in [1.54, 1.807) is 0 Å². The van der Waals surface area contributed by atoms with Crippen molar-refractivity contribution in [1.29, 1.82) is 0 Å². The molecule has 7 heteroatoms. The molecule has 1 unspecified atom stereocenters. The zero-order valence-electron chi connectivity index (χ0n) is 8.21. The Labute approximate surface area is 85.5 Å². The predicted octanol–water partition coefficient (Wildman–Crippen LogP) is 0.688. The molecular formula is C8H11N5O2. The molecule has 2 aromatic heterocycles. The van der Waals surface area contributed by atoms with Crippen LogP contribution in [0.3, 0.4) is 0 Å². The molecule has 0 radical (unpaired) electrons. The molecule has 1 atom stereocenters. The maximum atomic E-state index is 9.60. The van der Waals surface area contributed by atoms with Crippen LogP contribution in [0, 0.1) is 0 Å². The van der Waals surface area contributed by atoms with E-state index in [0.717, 1.165) is 6.42 Å². The maximum Gasteiger partial charge on any atom is 0.280 e. The van der Waals surface area contributed by atoms with Gasteiger partial charge in [-0.05, 0) is 6.42 Å². The maximum absolute atomic E-state index is 9.60. The summed E-state index contributed by atoms with van der Waals surface area (Å²) >= 11 is 0. The number of nitrogens with one attached hydrogen (secondary N) is 1. The van der Waals surface area contributed by atoms with Crippen molar-refractivity contribution >= 4 is 0 Å². The Hall–Kier alpha value is -1.76. The second-order valence-electron chi connectivity index (χ2n) is 3.12. The van der Waals surface area contributed by atoms with Crippen LogP contribution in [0.4, 0.5) is 0 Å². The molecule has 2 N–H and O–H groups in total. The molecule has 15 heavy (non-hydrogen) atoms. The Bertz CT molecular complexity index is 410. The summed E-state index contributed by atoms with van der Waals surface area (Å²) in [6, 6.07) is 0. The van der Waals surface area contributed by atoms with Crippen LogP contribution in [-0.4, -0.2) is 30.7 Å². The lowest BCUT2D eigenvalue weighted by Gasteiger charge is -2.00. The van der Waals surface area contributed by atoms with Crippen LogP contribution in [0.2, 0.25) is 0 Å². The average Bonchev–Trinajstić information content (AvgIpc) is 2.89. The van der Waals surface area contributed by atoms with Crippen LogP contribution < -0.4 is 0 Å². The second-order valence-corrected chi connectivity index (χ2v) is 3.12. The number of H-pyrrole nitrogens is 1. The van der Waals surface area contributed by atoms with Gasteiger partial charge in [0.05, 0.1) is 6.20 Å². The number of hydrogen-bond donors (Lipinski definition) is 2. The van der Waals surface area contributed by atoms with Gasteiger partial charge >= 0.3 is 0 Å². The molecule has 0 amide bonds. The van der Waals surface area contributed by atoms with Crippen LogP contribution in [0.1, 0.15) is 31.7 Å². The van der Waals surface area contributed by atoms with E-state index in [0.29, 0.717) is 12.1 Å². The zero-order valence-corrected chi connectivity index (χ0v) is 8.21. The highest BCUT2D eigenvalue weighted by molar-refractivity contribution is 5.42. The monoisotopic (exact) mass is 209 g/mol. The third kappa shape index (κ3) is 2.01. The average molecular weight is 209 g/mol. The van der Waals surface area contributed by atoms with Gasteiger partial charge in [-0.3, -0.25) is 0 Å². The topological polar surface area (TPSA) is 101 Å². The molecule has 0 aliphatic rings. The first-order chi connectivity index (χ1) is 7.31. The van der Waals surface area contributed by atoms with Gasteiger partial charge in [-0.15, -0.1) is 0 Å². The van der Waals surface area contributed by atoms with E-state index in [4.69, 9.17) is 4.52 Å². The number of aliphatic hydroxyl groups is 1. The highest BCUT2D eigenvalue weighted by Gasteiger charge is 2.16. The van der Waals surface area contributed by atoms with Gasteiger partial charge in [-0.25, -0.2) is 0 Å². The van der Waals surface area contributed by atoms with E-state index in [1.807, 2.05) is 6.92 Å². The van der Waals surface area contributed by atoms with Crippen molar-refractivity contribution in [1.82, 2.24) is 25.6 Å². The third-order valence-electron chi connectivity index (χ3n) is 1.94. The summed E-state index contributed by atoms with van der Waals surface area (Å²) in [6.07, 6.45) is 2.26. The van der Waals surface area contributed by atoms with Crippen LogP contribution >= 0.6 is 0 Å². The molecule has 2 aromatic rings. The van der Waals surface area contributed by atoms with Crippen molar-refractivity contribution in [3.05, 3.63) is 12.0 Å². The second kappa shape index (κ2) is 4.18. The largest absolute Gasteiger partial charge is 0.385 e. The van der Waals surface area contributed by atoms with Crippen molar-refractivity contribution in [2.45, 2.75) is 25.9 Å². The van der Waals surface area contributed by atoms with Gasteiger partial charge in [0.2, 0.25) is 5.82 Å². The standard InChI is InChI=1S/C8H11N5O2/c1-2-3-6(14)7-10-8(15-12-7)5-4-9-13-11-5/h4,6,14H,2-3H2,1H3,(H,9,11,13). The zero-order chi connectivity index (χ0) is 10.7. The minimum Gasteiger partial charge on any atom is -0.385 e. The molecule has 7 nitrogen and oxygen atoms in total. The summed E-state index contributed by atoms with van der Waals surface area (Å²) in [7, 11) is 0. The summed E-state index contributed by atoms with van der Waals surface area (Å²) < 4.78 is 4.93. The Morgan fingerprint density at radius 2 is 2.47 bits per heavy atom. The van der Waals surface area contributed by atoms with Gasteiger partial charge in [0.15, 0.2) is 5.69 Å². The highest BCUT2D eigenvalue weighted by Crippen LogP contribution is 2.18. The predicted molar refractivity (Wildman–Crippen MR) is 49.5 cm³/mol. The molecule has 0 aliphatic heterocycles. The van der Waals surface area contributed by atoms with E-state index < -0.39 is 6.10 Å². The number of rotatable bonds is 4. The smallest absolute Gasteiger partial charge is 0.280 e. The number of aromatic nitrogens is 5. The molecule has 2 rings (SSSR count). The molecule has 0 aromatic carbocycles. The summed E-state index contributed by atoms with van der Waals surface area (Å²) in [5.41, 5.74) is 0.470. The van der Waals surface area contributed by atoms with Crippen molar-refractivity contribution in [3.8, 4) is 11.6 Å². The molecule has 80 valence electrons. The van der Waals surface area contributed by atoms with Crippen molar-refractivity contribution in [2.75, 3.05) is 0 Å². The van der Waals surface area contributed by atoms with Crippen LogP contribution in [-0.2, 0) is 0 Å². The van der Waals surface area contributed by atoms with Crippen molar-refractivity contribution in [2.24, 2.45) is 0 Å². The quantitative estimate of drug-likeness (QED) is 0.768. The van der Waals surface area contributed by atoms with Gasteiger partial charge in [0.25, 0.3) is 5.89 Å². The minimum absolute atomic E-state index is 0.258. The van der Waals surface area contributed by atoms with E-state index in [2.05, 4.69) is 25.6 Å². The summed E-state index contributed by atoms with van der Waals surface area (Å²) in [5, 5.41) is 23.1. The van der Waals surface area contributed by atoms with Gasteiger partial charge in [0, 0.05) is 0 Å². The molecule has 0 saturated heterocycles. The first-order valence-electron chi connectivity index (χ1n) is 4.69. The normalized spacial score (nSPS) is 12.9. The van der Waals surface area contributed by atoms with E-state index in [1.165, 1.54) is 6.20 Å². The van der Waals surface area contributed by atoms with Gasteiger partial charge in [0.1, 0.15) is 6.10 Å². The third-order valence-corrected chi connectivity index (χ3v) is 1.94. The number of hydrogen-bond acceptors (Lipinski definition) is 6.